The van der Waals surface area contributed by atoms with Crippen molar-refractivity contribution in [1.82, 2.24) is 19.3 Å². The van der Waals surface area contributed by atoms with Gasteiger partial charge in [0.05, 0.1) is 16.8 Å². The van der Waals surface area contributed by atoms with Crippen LogP contribution in [0.2, 0.25) is 0 Å². The van der Waals surface area contributed by atoms with Crippen LogP contribution in [0.5, 0.6) is 0 Å². The molecule has 1 saturated heterocycles. The fourth-order valence-electron chi connectivity index (χ4n) is 4.77. The van der Waals surface area contributed by atoms with Gasteiger partial charge in [-0.1, -0.05) is 13.0 Å². The van der Waals surface area contributed by atoms with Gasteiger partial charge in [-0.15, -0.1) is 0 Å². The molecule has 7 nitrogen and oxygen atoms in total. The van der Waals surface area contributed by atoms with Crippen LogP contribution in [0.25, 0.3) is 27.9 Å². The van der Waals surface area contributed by atoms with Crippen molar-refractivity contribution in [2.75, 3.05) is 31.1 Å². The molecule has 1 aliphatic rings. The highest BCUT2D eigenvalue weighted by molar-refractivity contribution is 5.87. The van der Waals surface area contributed by atoms with Crippen molar-refractivity contribution >= 4 is 22.1 Å². The highest BCUT2D eigenvalue weighted by Crippen LogP contribution is 2.27. The van der Waals surface area contributed by atoms with E-state index in [0.29, 0.717) is 22.9 Å². The number of aryl methyl sites for hydroxylation is 2. The summed E-state index contributed by atoms with van der Waals surface area (Å²) in [4.78, 5) is 26.9. The van der Waals surface area contributed by atoms with Crippen LogP contribution in [0.4, 0.5) is 5.69 Å². The number of aromatic nitrogens is 3. The Morgan fingerprint density at radius 2 is 1.97 bits per heavy atom. The number of benzene rings is 1. The molecule has 1 fully saturated rings. The van der Waals surface area contributed by atoms with E-state index in [4.69, 9.17) is 4.42 Å². The third-order valence-corrected chi connectivity index (χ3v) is 6.37. The maximum Gasteiger partial charge on any atom is 0.344 e. The van der Waals surface area contributed by atoms with Crippen LogP contribution in [-0.4, -0.2) is 51.5 Å². The third-order valence-electron chi connectivity index (χ3n) is 6.37. The first kappa shape index (κ1) is 20.7. The van der Waals surface area contributed by atoms with Crippen molar-refractivity contribution in [2.24, 2.45) is 0 Å². The first-order valence-electron chi connectivity index (χ1n) is 11.3. The second-order valence-corrected chi connectivity index (χ2v) is 8.83. The van der Waals surface area contributed by atoms with E-state index < -0.39 is 0 Å². The molecule has 0 bridgehead atoms. The number of hydrogen-bond acceptors (Lipinski definition) is 6. The summed E-state index contributed by atoms with van der Waals surface area (Å²) in [5, 5.41) is 1.47. The fraction of sp³-hybridized carbons (Fsp3) is 0.400. The zero-order valence-electron chi connectivity index (χ0n) is 19.1. The standard InChI is InChI=1S/C25H29N5O2/c1-5-8-28-9-10-29(14-17(28)3)20-7-6-19-11-23(32-25(31)21(19)12-20)22-15-30-13-16(2)26-18(4)24(30)27-22/h6-7,11-13,15,17H,5,8-10,14H2,1-4H3. The lowest BCUT2D eigenvalue weighted by Crippen LogP contribution is -2.52. The monoisotopic (exact) mass is 431 g/mol. The number of fused-ring (bicyclic) bond motifs is 2. The van der Waals surface area contributed by atoms with Crippen LogP contribution in [0.15, 0.2) is 45.9 Å². The average molecular weight is 432 g/mol. The number of nitrogens with zero attached hydrogens (tertiary/aromatic N) is 5. The number of rotatable bonds is 4. The van der Waals surface area contributed by atoms with Crippen LogP contribution in [0.1, 0.15) is 31.7 Å². The summed E-state index contributed by atoms with van der Waals surface area (Å²) in [6, 6.07) is 8.49. The Morgan fingerprint density at radius 3 is 2.75 bits per heavy atom. The van der Waals surface area contributed by atoms with E-state index in [9.17, 15) is 4.79 Å². The second-order valence-electron chi connectivity index (χ2n) is 8.83. The molecular formula is C25H29N5O2. The summed E-state index contributed by atoms with van der Waals surface area (Å²) >= 11 is 0. The quantitative estimate of drug-likeness (QED) is 0.486. The van der Waals surface area contributed by atoms with Gasteiger partial charge in [0.15, 0.2) is 11.4 Å². The number of piperazine rings is 1. The summed E-state index contributed by atoms with van der Waals surface area (Å²) in [6.45, 7) is 12.5. The Hall–Kier alpha value is -3.19. The molecule has 0 aliphatic carbocycles. The first-order chi connectivity index (χ1) is 15.4. The average Bonchev–Trinajstić information content (AvgIpc) is 3.19. The molecule has 0 spiro atoms. The van der Waals surface area contributed by atoms with E-state index in [1.54, 1.807) is 0 Å². The van der Waals surface area contributed by atoms with Gasteiger partial charge >= 0.3 is 5.63 Å². The summed E-state index contributed by atoms with van der Waals surface area (Å²) in [5.41, 5.74) is 3.89. The van der Waals surface area contributed by atoms with Gasteiger partial charge in [0.2, 0.25) is 0 Å². The van der Waals surface area contributed by atoms with Crippen molar-refractivity contribution in [2.45, 2.75) is 40.2 Å². The molecule has 166 valence electrons. The predicted octanol–water partition coefficient (Wildman–Crippen LogP) is 4.04. The lowest BCUT2D eigenvalue weighted by atomic mass is 10.1. The molecule has 7 heteroatoms. The van der Waals surface area contributed by atoms with E-state index in [1.807, 2.05) is 48.8 Å². The maximum absolute atomic E-state index is 12.9. The van der Waals surface area contributed by atoms with Gasteiger partial charge in [0, 0.05) is 43.8 Å². The number of imidazole rings is 1. The summed E-state index contributed by atoms with van der Waals surface area (Å²) < 4.78 is 7.64. The van der Waals surface area contributed by atoms with Crippen LogP contribution in [-0.2, 0) is 0 Å². The molecule has 1 aromatic carbocycles. The molecule has 0 radical (unpaired) electrons. The molecule has 1 unspecified atom stereocenters. The number of anilines is 1. The molecule has 32 heavy (non-hydrogen) atoms. The Balaban J connectivity index is 1.48. The summed E-state index contributed by atoms with van der Waals surface area (Å²) in [5.74, 6) is 0.470. The highest BCUT2D eigenvalue weighted by atomic mass is 16.4. The molecule has 4 aromatic rings. The van der Waals surface area contributed by atoms with Crippen LogP contribution in [0, 0.1) is 13.8 Å². The molecule has 4 heterocycles. The lowest BCUT2D eigenvalue weighted by Gasteiger charge is -2.41. The van der Waals surface area contributed by atoms with Gasteiger partial charge in [-0.2, -0.15) is 0 Å². The van der Waals surface area contributed by atoms with Crippen LogP contribution in [0.3, 0.4) is 0 Å². The normalized spacial score (nSPS) is 17.5. The van der Waals surface area contributed by atoms with Gasteiger partial charge in [-0.3, -0.25) is 9.88 Å². The molecule has 3 aromatic heterocycles. The lowest BCUT2D eigenvalue weighted by molar-refractivity contribution is 0.190. The minimum absolute atomic E-state index is 0.333. The van der Waals surface area contributed by atoms with E-state index in [2.05, 4.69) is 39.7 Å². The Morgan fingerprint density at radius 1 is 1.12 bits per heavy atom. The number of hydrogen-bond donors (Lipinski definition) is 0. The SMILES string of the molecule is CCCN1CCN(c2ccc3cc(-c4cn5cc(C)nc(C)c5n4)oc(=O)c3c2)CC1C. The zero-order valence-corrected chi connectivity index (χ0v) is 19.1. The van der Waals surface area contributed by atoms with Crippen molar-refractivity contribution in [1.29, 1.82) is 0 Å². The molecule has 0 saturated carbocycles. The Kier molecular flexibility index (Phi) is 5.21. The maximum atomic E-state index is 12.9. The second kappa shape index (κ2) is 8.06. The Labute approximate surface area is 187 Å². The molecule has 5 rings (SSSR count). The minimum atomic E-state index is -0.333. The van der Waals surface area contributed by atoms with Crippen molar-refractivity contribution in [3.05, 3.63) is 58.5 Å². The van der Waals surface area contributed by atoms with E-state index in [0.717, 1.165) is 54.3 Å². The van der Waals surface area contributed by atoms with Crippen LogP contribution < -0.4 is 10.5 Å². The minimum Gasteiger partial charge on any atom is -0.421 e. The topological polar surface area (TPSA) is 66.9 Å². The van der Waals surface area contributed by atoms with Gasteiger partial charge in [0.1, 0.15) is 5.69 Å². The van der Waals surface area contributed by atoms with Crippen molar-refractivity contribution < 1.29 is 4.42 Å². The molecule has 1 aliphatic heterocycles. The summed E-state index contributed by atoms with van der Waals surface area (Å²) in [7, 11) is 0. The van der Waals surface area contributed by atoms with Crippen LogP contribution >= 0.6 is 0 Å². The predicted molar refractivity (Wildman–Crippen MR) is 127 cm³/mol. The smallest absolute Gasteiger partial charge is 0.344 e. The van der Waals surface area contributed by atoms with Gasteiger partial charge in [-0.05, 0) is 57.3 Å². The Bertz CT molecular complexity index is 1360. The fourth-order valence-corrected chi connectivity index (χ4v) is 4.77. The molecular weight excluding hydrogens is 402 g/mol. The van der Waals surface area contributed by atoms with E-state index >= 15 is 0 Å². The molecule has 0 amide bonds. The van der Waals surface area contributed by atoms with E-state index in [1.165, 1.54) is 6.42 Å². The van der Waals surface area contributed by atoms with Crippen molar-refractivity contribution in [3.63, 3.8) is 0 Å². The van der Waals surface area contributed by atoms with Gasteiger partial charge in [-0.25, -0.2) is 9.78 Å². The zero-order chi connectivity index (χ0) is 22.4. The van der Waals surface area contributed by atoms with Crippen molar-refractivity contribution in [3.8, 4) is 11.5 Å². The van der Waals surface area contributed by atoms with Gasteiger partial charge in [0.25, 0.3) is 0 Å². The highest BCUT2D eigenvalue weighted by Gasteiger charge is 2.23. The molecule has 1 atom stereocenters. The summed E-state index contributed by atoms with van der Waals surface area (Å²) in [6.07, 6.45) is 4.98. The van der Waals surface area contributed by atoms with E-state index in [-0.39, 0.29) is 5.63 Å². The molecule has 0 N–H and O–H groups in total. The third kappa shape index (κ3) is 3.66. The first-order valence-corrected chi connectivity index (χ1v) is 11.3. The largest absolute Gasteiger partial charge is 0.421 e. The van der Waals surface area contributed by atoms with Gasteiger partial charge < -0.3 is 13.7 Å².